The van der Waals surface area contributed by atoms with Crippen molar-refractivity contribution >= 4 is 17.9 Å². The summed E-state index contributed by atoms with van der Waals surface area (Å²) < 4.78 is 5.25. The van der Waals surface area contributed by atoms with Crippen molar-refractivity contribution in [2.75, 3.05) is 7.11 Å². The van der Waals surface area contributed by atoms with Gasteiger partial charge in [0.05, 0.1) is 12.1 Å². The highest BCUT2D eigenvalue weighted by atomic mass is 16.5. The van der Waals surface area contributed by atoms with E-state index in [1.165, 1.54) is 0 Å². The van der Waals surface area contributed by atoms with Crippen molar-refractivity contribution in [3.05, 3.63) is 0 Å². The van der Waals surface area contributed by atoms with Gasteiger partial charge in [0.25, 0.3) is 0 Å². The molecule has 0 aromatic carbocycles. The van der Waals surface area contributed by atoms with E-state index in [0.29, 0.717) is 12.8 Å². The van der Waals surface area contributed by atoms with Gasteiger partial charge in [-0.3, -0.25) is 14.9 Å². The molecule has 0 aliphatic heterocycles. The second kappa shape index (κ2) is 8.52. The zero-order chi connectivity index (χ0) is 15.0. The minimum absolute atomic E-state index is 0.00594. The largest absolute Gasteiger partial charge is 0.481 e. The fourth-order valence-corrected chi connectivity index (χ4v) is 2.33. The lowest BCUT2D eigenvalue weighted by Gasteiger charge is -2.19. The Morgan fingerprint density at radius 2 is 1.90 bits per heavy atom. The molecule has 7 heteroatoms. The monoisotopic (exact) mass is 286 g/mol. The van der Waals surface area contributed by atoms with Gasteiger partial charge in [-0.1, -0.05) is 0 Å². The van der Waals surface area contributed by atoms with Crippen LogP contribution in [0.2, 0.25) is 0 Å². The average molecular weight is 286 g/mol. The Morgan fingerprint density at radius 1 is 1.20 bits per heavy atom. The summed E-state index contributed by atoms with van der Waals surface area (Å²) in [6.45, 7) is 0. The number of ether oxygens (including phenoxy) is 1. The molecule has 2 atom stereocenters. The number of carbonyl (C=O) groups is 3. The molecule has 0 spiro atoms. The number of rotatable bonds is 7. The quantitative estimate of drug-likeness (QED) is 0.606. The standard InChI is InChI=1S/C13H22N2O5/c1-20-10-6-4-5-9(10)14-13(19)15-11(16)7-2-3-8-12(17)18/h9-10H,2-8H2,1H3,(H,17,18)(H2,14,15,16,19). The average Bonchev–Trinajstić information content (AvgIpc) is 2.81. The molecule has 1 aliphatic rings. The molecule has 20 heavy (non-hydrogen) atoms. The number of hydrogen-bond donors (Lipinski definition) is 3. The van der Waals surface area contributed by atoms with Crippen LogP contribution < -0.4 is 10.6 Å². The van der Waals surface area contributed by atoms with Gasteiger partial charge in [0, 0.05) is 20.0 Å². The van der Waals surface area contributed by atoms with Gasteiger partial charge in [-0.2, -0.15) is 0 Å². The van der Waals surface area contributed by atoms with Gasteiger partial charge in [-0.25, -0.2) is 4.79 Å². The van der Waals surface area contributed by atoms with Gasteiger partial charge in [-0.05, 0) is 32.1 Å². The Hall–Kier alpha value is -1.63. The molecular weight excluding hydrogens is 264 g/mol. The number of methoxy groups -OCH3 is 1. The Labute approximate surface area is 118 Å². The summed E-state index contributed by atoms with van der Waals surface area (Å²) in [6, 6.07) is -0.568. The molecule has 2 unspecified atom stereocenters. The lowest BCUT2D eigenvalue weighted by atomic mass is 10.2. The normalized spacial score (nSPS) is 21.4. The highest BCUT2D eigenvalue weighted by molar-refractivity contribution is 5.94. The first-order valence-electron chi connectivity index (χ1n) is 6.88. The van der Waals surface area contributed by atoms with E-state index in [2.05, 4.69) is 10.6 Å². The molecule has 0 heterocycles. The van der Waals surface area contributed by atoms with Crippen molar-refractivity contribution in [1.29, 1.82) is 0 Å². The zero-order valence-corrected chi connectivity index (χ0v) is 11.7. The van der Waals surface area contributed by atoms with E-state index in [1.54, 1.807) is 7.11 Å². The Kier molecular flexibility index (Phi) is 7.00. The van der Waals surface area contributed by atoms with Crippen LogP contribution in [0.4, 0.5) is 4.79 Å². The first-order valence-corrected chi connectivity index (χ1v) is 6.88. The maximum absolute atomic E-state index is 11.6. The van der Waals surface area contributed by atoms with Gasteiger partial charge in [0.1, 0.15) is 0 Å². The van der Waals surface area contributed by atoms with Crippen molar-refractivity contribution in [3.63, 3.8) is 0 Å². The summed E-state index contributed by atoms with van der Waals surface area (Å²) in [5.41, 5.74) is 0. The summed E-state index contributed by atoms with van der Waals surface area (Å²) in [6.07, 6.45) is 3.83. The fourth-order valence-electron chi connectivity index (χ4n) is 2.33. The molecule has 3 amide bonds. The molecule has 1 fully saturated rings. The smallest absolute Gasteiger partial charge is 0.321 e. The lowest BCUT2D eigenvalue weighted by Crippen LogP contribution is -2.47. The molecule has 0 radical (unpaired) electrons. The van der Waals surface area contributed by atoms with Crippen molar-refractivity contribution in [2.45, 2.75) is 57.1 Å². The molecule has 0 bridgehead atoms. The molecule has 1 saturated carbocycles. The van der Waals surface area contributed by atoms with Gasteiger partial charge in [0.2, 0.25) is 5.91 Å². The van der Waals surface area contributed by atoms with Crippen LogP contribution >= 0.6 is 0 Å². The van der Waals surface area contributed by atoms with E-state index < -0.39 is 12.0 Å². The van der Waals surface area contributed by atoms with E-state index in [0.717, 1.165) is 19.3 Å². The molecule has 114 valence electrons. The third kappa shape index (κ3) is 6.01. The van der Waals surface area contributed by atoms with Crippen LogP contribution in [0.3, 0.4) is 0 Å². The fraction of sp³-hybridized carbons (Fsp3) is 0.769. The third-order valence-electron chi connectivity index (χ3n) is 3.37. The summed E-state index contributed by atoms with van der Waals surface area (Å²) in [7, 11) is 1.61. The number of urea groups is 1. The van der Waals surface area contributed by atoms with Crippen molar-refractivity contribution in [1.82, 2.24) is 10.6 Å². The van der Waals surface area contributed by atoms with Crippen LogP contribution in [0.5, 0.6) is 0 Å². The first-order chi connectivity index (χ1) is 9.52. The Morgan fingerprint density at radius 3 is 2.55 bits per heavy atom. The minimum Gasteiger partial charge on any atom is -0.481 e. The summed E-state index contributed by atoms with van der Waals surface area (Å²) in [4.78, 5) is 33.4. The maximum Gasteiger partial charge on any atom is 0.321 e. The zero-order valence-electron chi connectivity index (χ0n) is 11.7. The number of imide groups is 1. The molecule has 0 aromatic heterocycles. The first kappa shape index (κ1) is 16.4. The molecule has 0 aromatic rings. The molecule has 1 aliphatic carbocycles. The SMILES string of the molecule is COC1CCCC1NC(=O)NC(=O)CCCCC(=O)O. The Bertz CT molecular complexity index is 359. The predicted octanol–water partition coefficient (Wildman–Crippen LogP) is 1.02. The molecule has 1 rings (SSSR count). The van der Waals surface area contributed by atoms with Crippen LogP contribution in [0.1, 0.15) is 44.9 Å². The topological polar surface area (TPSA) is 105 Å². The minimum atomic E-state index is -0.880. The number of carbonyl (C=O) groups excluding carboxylic acids is 2. The molecule has 7 nitrogen and oxygen atoms in total. The van der Waals surface area contributed by atoms with E-state index in [4.69, 9.17) is 9.84 Å². The highest BCUT2D eigenvalue weighted by Gasteiger charge is 2.28. The van der Waals surface area contributed by atoms with Crippen LogP contribution in [-0.2, 0) is 14.3 Å². The third-order valence-corrected chi connectivity index (χ3v) is 3.37. The van der Waals surface area contributed by atoms with Crippen LogP contribution in [0, 0.1) is 0 Å². The number of hydrogen-bond acceptors (Lipinski definition) is 4. The molecule has 0 saturated heterocycles. The number of amides is 3. The maximum atomic E-state index is 11.6. The van der Waals surface area contributed by atoms with Gasteiger partial charge in [-0.15, -0.1) is 0 Å². The number of unbranched alkanes of at least 4 members (excludes halogenated alkanes) is 1. The van der Waals surface area contributed by atoms with E-state index in [-0.39, 0.29) is 30.9 Å². The van der Waals surface area contributed by atoms with Crippen LogP contribution in [0.25, 0.3) is 0 Å². The molecular formula is C13H22N2O5. The van der Waals surface area contributed by atoms with Crippen LogP contribution in [0.15, 0.2) is 0 Å². The highest BCUT2D eigenvalue weighted by Crippen LogP contribution is 2.21. The second-order valence-corrected chi connectivity index (χ2v) is 4.93. The van der Waals surface area contributed by atoms with Crippen LogP contribution in [-0.4, -0.2) is 42.3 Å². The van der Waals surface area contributed by atoms with Crippen molar-refractivity contribution in [2.24, 2.45) is 0 Å². The molecule has 3 N–H and O–H groups in total. The summed E-state index contributed by atoms with van der Waals surface area (Å²) >= 11 is 0. The second-order valence-electron chi connectivity index (χ2n) is 4.93. The van der Waals surface area contributed by atoms with Gasteiger partial charge < -0.3 is 15.2 Å². The Balaban J connectivity index is 2.18. The van der Waals surface area contributed by atoms with E-state index >= 15 is 0 Å². The van der Waals surface area contributed by atoms with E-state index in [1.807, 2.05) is 0 Å². The number of carboxylic acid groups (broad SMARTS) is 1. The van der Waals surface area contributed by atoms with Crippen molar-refractivity contribution < 1.29 is 24.2 Å². The summed E-state index contributed by atoms with van der Waals surface area (Å²) in [5, 5.41) is 13.4. The number of nitrogens with one attached hydrogen (secondary N) is 2. The van der Waals surface area contributed by atoms with Gasteiger partial charge in [0.15, 0.2) is 0 Å². The van der Waals surface area contributed by atoms with Gasteiger partial charge >= 0.3 is 12.0 Å². The number of carboxylic acids is 1. The van der Waals surface area contributed by atoms with E-state index in [9.17, 15) is 14.4 Å². The lowest BCUT2D eigenvalue weighted by molar-refractivity contribution is -0.137. The summed E-state index contributed by atoms with van der Waals surface area (Å²) in [5.74, 6) is -1.27. The van der Waals surface area contributed by atoms with Crippen molar-refractivity contribution in [3.8, 4) is 0 Å². The number of aliphatic carboxylic acids is 1. The predicted molar refractivity (Wildman–Crippen MR) is 71.2 cm³/mol.